The maximum Gasteiger partial charge on any atom is 0.0576 e. The van der Waals surface area contributed by atoms with Crippen molar-refractivity contribution in [3.05, 3.63) is 0 Å². The smallest absolute Gasteiger partial charge is 0.0576 e. The van der Waals surface area contributed by atoms with Crippen LogP contribution in [0.5, 0.6) is 0 Å². The van der Waals surface area contributed by atoms with Crippen LogP contribution in [0.25, 0.3) is 0 Å². The molecule has 2 fully saturated rings. The van der Waals surface area contributed by atoms with E-state index in [1.54, 1.807) is 0 Å². The summed E-state index contributed by atoms with van der Waals surface area (Å²) in [7, 11) is 0. The first kappa shape index (κ1) is 16.3. The van der Waals surface area contributed by atoms with Gasteiger partial charge in [-0.25, -0.2) is 0 Å². The van der Waals surface area contributed by atoms with Crippen molar-refractivity contribution < 1.29 is 4.74 Å². The van der Waals surface area contributed by atoms with Crippen LogP contribution in [0.3, 0.4) is 0 Å². The predicted octanol–water partition coefficient (Wildman–Crippen LogP) is 3.04. The van der Waals surface area contributed by atoms with Gasteiger partial charge in [0.15, 0.2) is 0 Å². The van der Waals surface area contributed by atoms with Crippen molar-refractivity contribution in [1.82, 2.24) is 10.2 Å². The van der Waals surface area contributed by atoms with Crippen molar-refractivity contribution >= 4 is 0 Å². The van der Waals surface area contributed by atoms with Crippen LogP contribution in [0.2, 0.25) is 0 Å². The predicted molar refractivity (Wildman–Crippen MR) is 85.1 cm³/mol. The van der Waals surface area contributed by atoms with Gasteiger partial charge in [0, 0.05) is 31.8 Å². The topological polar surface area (TPSA) is 24.5 Å². The molecule has 2 heterocycles. The second kappa shape index (κ2) is 8.35. The van der Waals surface area contributed by atoms with E-state index < -0.39 is 0 Å². The highest BCUT2D eigenvalue weighted by molar-refractivity contribution is 4.87. The van der Waals surface area contributed by atoms with Gasteiger partial charge in [0.05, 0.1) is 6.10 Å². The lowest BCUT2D eigenvalue weighted by Crippen LogP contribution is -2.58. The Morgan fingerprint density at radius 1 is 1.30 bits per heavy atom. The molecule has 3 atom stereocenters. The van der Waals surface area contributed by atoms with E-state index in [0.29, 0.717) is 18.2 Å². The van der Waals surface area contributed by atoms with Crippen LogP contribution in [-0.2, 0) is 4.74 Å². The molecule has 0 aromatic carbocycles. The van der Waals surface area contributed by atoms with Crippen molar-refractivity contribution in [2.45, 2.75) is 77.5 Å². The Labute approximate surface area is 125 Å². The highest BCUT2D eigenvalue weighted by atomic mass is 16.5. The Balaban J connectivity index is 1.76. The summed E-state index contributed by atoms with van der Waals surface area (Å²) < 4.78 is 5.75. The van der Waals surface area contributed by atoms with Gasteiger partial charge in [-0.1, -0.05) is 27.2 Å². The molecule has 3 nitrogen and oxygen atoms in total. The molecule has 1 N–H and O–H groups in total. The van der Waals surface area contributed by atoms with Gasteiger partial charge in [-0.05, 0) is 44.6 Å². The molecule has 0 aromatic rings. The zero-order valence-corrected chi connectivity index (χ0v) is 13.7. The summed E-state index contributed by atoms with van der Waals surface area (Å²) in [5, 5.41) is 3.75. The molecule has 0 saturated carbocycles. The average Bonchev–Trinajstić information content (AvgIpc) is 2.92. The van der Waals surface area contributed by atoms with Crippen molar-refractivity contribution in [3.8, 4) is 0 Å². The Morgan fingerprint density at radius 3 is 2.80 bits per heavy atom. The molecule has 2 rings (SSSR count). The van der Waals surface area contributed by atoms with Gasteiger partial charge in [-0.3, -0.25) is 4.90 Å². The third-order valence-corrected chi connectivity index (χ3v) is 4.94. The van der Waals surface area contributed by atoms with Crippen molar-refractivity contribution in [1.29, 1.82) is 0 Å². The summed E-state index contributed by atoms with van der Waals surface area (Å²) in [5.74, 6) is 0.743. The van der Waals surface area contributed by atoms with E-state index in [2.05, 4.69) is 31.0 Å². The van der Waals surface area contributed by atoms with Crippen molar-refractivity contribution in [3.63, 3.8) is 0 Å². The van der Waals surface area contributed by atoms with Crippen LogP contribution >= 0.6 is 0 Å². The first-order chi connectivity index (χ1) is 9.70. The average molecular weight is 282 g/mol. The molecule has 0 aromatic heterocycles. The molecular formula is C17H34N2O. The molecule has 3 unspecified atom stereocenters. The first-order valence-corrected chi connectivity index (χ1v) is 8.79. The molecular weight excluding hydrogens is 248 g/mol. The molecule has 0 spiro atoms. The fourth-order valence-electron chi connectivity index (χ4n) is 3.75. The van der Waals surface area contributed by atoms with Gasteiger partial charge in [0.2, 0.25) is 0 Å². The van der Waals surface area contributed by atoms with Crippen LogP contribution in [0.1, 0.15) is 59.3 Å². The molecule has 118 valence electrons. The number of nitrogens with one attached hydrogen (secondary N) is 1. The van der Waals surface area contributed by atoms with Gasteiger partial charge in [-0.15, -0.1) is 0 Å². The minimum absolute atomic E-state index is 0.557. The zero-order valence-electron chi connectivity index (χ0n) is 13.7. The third kappa shape index (κ3) is 4.71. The number of rotatable bonds is 7. The maximum atomic E-state index is 5.75. The van der Waals surface area contributed by atoms with E-state index in [1.165, 1.54) is 58.2 Å². The van der Waals surface area contributed by atoms with Crippen LogP contribution in [0, 0.1) is 5.92 Å². The lowest BCUT2D eigenvalue weighted by molar-refractivity contribution is 0.0752. The molecule has 2 aliphatic heterocycles. The Kier molecular flexibility index (Phi) is 6.79. The van der Waals surface area contributed by atoms with Crippen LogP contribution in [-0.4, -0.2) is 49.3 Å². The standard InChI is InChI=1S/C17H34N2O/c1-4-7-15-13-19(17(12-18-15)14(2)3)10-5-8-16-9-6-11-20-16/h14-18H,4-13H2,1-3H3. The van der Waals surface area contributed by atoms with E-state index in [0.717, 1.165) is 12.5 Å². The Bertz CT molecular complexity index is 264. The third-order valence-electron chi connectivity index (χ3n) is 4.94. The number of hydrogen-bond acceptors (Lipinski definition) is 3. The van der Waals surface area contributed by atoms with Gasteiger partial charge < -0.3 is 10.1 Å². The summed E-state index contributed by atoms with van der Waals surface area (Å²) in [6, 6.07) is 1.42. The van der Waals surface area contributed by atoms with Gasteiger partial charge in [0.1, 0.15) is 0 Å². The summed E-state index contributed by atoms with van der Waals surface area (Å²) in [6.45, 7) is 11.7. The number of ether oxygens (including phenoxy) is 1. The lowest BCUT2D eigenvalue weighted by Gasteiger charge is -2.42. The first-order valence-electron chi connectivity index (χ1n) is 8.79. The largest absolute Gasteiger partial charge is 0.378 e. The highest BCUT2D eigenvalue weighted by Gasteiger charge is 2.29. The van der Waals surface area contributed by atoms with E-state index in [4.69, 9.17) is 4.74 Å². The molecule has 0 amide bonds. The summed E-state index contributed by atoms with van der Waals surface area (Å²) in [5.41, 5.74) is 0. The second-order valence-electron chi connectivity index (χ2n) is 6.98. The molecule has 0 radical (unpaired) electrons. The Hall–Kier alpha value is -0.120. The number of hydrogen-bond donors (Lipinski definition) is 1. The Morgan fingerprint density at radius 2 is 2.15 bits per heavy atom. The van der Waals surface area contributed by atoms with Crippen molar-refractivity contribution in [2.75, 3.05) is 26.2 Å². The molecule has 0 aliphatic carbocycles. The molecule has 2 saturated heterocycles. The second-order valence-corrected chi connectivity index (χ2v) is 6.98. The van der Waals surface area contributed by atoms with E-state index in [1.807, 2.05) is 0 Å². The highest BCUT2D eigenvalue weighted by Crippen LogP contribution is 2.20. The summed E-state index contributed by atoms with van der Waals surface area (Å²) in [4.78, 5) is 2.75. The van der Waals surface area contributed by atoms with Crippen LogP contribution in [0.4, 0.5) is 0 Å². The summed E-state index contributed by atoms with van der Waals surface area (Å²) in [6.07, 6.45) is 8.27. The lowest BCUT2D eigenvalue weighted by atomic mass is 9.96. The van der Waals surface area contributed by atoms with E-state index in [-0.39, 0.29) is 0 Å². The van der Waals surface area contributed by atoms with Gasteiger partial charge in [-0.2, -0.15) is 0 Å². The molecule has 2 aliphatic rings. The van der Waals surface area contributed by atoms with E-state index >= 15 is 0 Å². The molecule has 3 heteroatoms. The number of nitrogens with zero attached hydrogens (tertiary/aromatic N) is 1. The molecule has 0 bridgehead atoms. The van der Waals surface area contributed by atoms with Gasteiger partial charge >= 0.3 is 0 Å². The monoisotopic (exact) mass is 282 g/mol. The normalized spacial score (nSPS) is 32.1. The fourth-order valence-corrected chi connectivity index (χ4v) is 3.75. The van der Waals surface area contributed by atoms with Crippen LogP contribution < -0.4 is 5.32 Å². The minimum atomic E-state index is 0.557. The van der Waals surface area contributed by atoms with Crippen molar-refractivity contribution in [2.24, 2.45) is 5.92 Å². The van der Waals surface area contributed by atoms with E-state index in [9.17, 15) is 0 Å². The summed E-state index contributed by atoms with van der Waals surface area (Å²) >= 11 is 0. The van der Waals surface area contributed by atoms with Crippen LogP contribution in [0.15, 0.2) is 0 Å². The minimum Gasteiger partial charge on any atom is -0.378 e. The van der Waals surface area contributed by atoms with Gasteiger partial charge in [0.25, 0.3) is 0 Å². The maximum absolute atomic E-state index is 5.75. The molecule has 20 heavy (non-hydrogen) atoms. The number of piperazine rings is 1. The quantitative estimate of drug-likeness (QED) is 0.777. The fraction of sp³-hybridized carbons (Fsp3) is 1.00. The SMILES string of the molecule is CCCC1CN(CCCC2CCCO2)C(C(C)C)CN1. The zero-order chi connectivity index (χ0) is 14.4.